The summed E-state index contributed by atoms with van der Waals surface area (Å²) < 4.78 is 6.62. The van der Waals surface area contributed by atoms with Crippen molar-refractivity contribution in [3.63, 3.8) is 0 Å². The van der Waals surface area contributed by atoms with E-state index in [1.165, 1.54) is 17.1 Å². The molecular formula is C10H8N2O4. The van der Waals surface area contributed by atoms with E-state index >= 15 is 0 Å². The fourth-order valence-corrected chi connectivity index (χ4v) is 1.24. The zero-order valence-electron chi connectivity index (χ0n) is 8.38. The molecule has 0 aliphatic rings. The number of aromatic nitrogens is 2. The molecule has 0 saturated carbocycles. The van der Waals surface area contributed by atoms with Crippen LogP contribution in [-0.2, 0) is 0 Å². The van der Waals surface area contributed by atoms with Gasteiger partial charge in [-0.05, 0) is 13.0 Å². The number of rotatable bonds is 2. The monoisotopic (exact) mass is 220 g/mol. The van der Waals surface area contributed by atoms with Crippen molar-refractivity contribution in [1.29, 1.82) is 0 Å². The van der Waals surface area contributed by atoms with Crippen LogP contribution in [0.2, 0.25) is 0 Å². The summed E-state index contributed by atoms with van der Waals surface area (Å²) in [4.78, 5) is 25.3. The lowest BCUT2D eigenvalue weighted by atomic mass is 10.3. The first-order valence-corrected chi connectivity index (χ1v) is 4.46. The maximum Gasteiger partial charge on any atom is 0.342 e. The summed E-state index contributed by atoms with van der Waals surface area (Å²) in [6, 6.07) is 3.39. The van der Waals surface area contributed by atoms with E-state index in [-0.39, 0.29) is 0 Å². The second-order valence-corrected chi connectivity index (χ2v) is 3.19. The molecule has 0 saturated heterocycles. The van der Waals surface area contributed by atoms with Crippen molar-refractivity contribution in [3.8, 4) is 5.88 Å². The van der Waals surface area contributed by atoms with E-state index in [2.05, 4.69) is 4.98 Å². The molecule has 0 amide bonds. The number of hydrogen-bond donors (Lipinski definition) is 1. The molecule has 2 heterocycles. The number of nitrogens with zero attached hydrogens (tertiary/aromatic N) is 2. The van der Waals surface area contributed by atoms with Crippen molar-refractivity contribution >= 4 is 5.97 Å². The molecule has 0 bridgehead atoms. The third kappa shape index (κ3) is 1.72. The van der Waals surface area contributed by atoms with Gasteiger partial charge in [0, 0.05) is 12.3 Å². The van der Waals surface area contributed by atoms with Gasteiger partial charge in [-0.3, -0.25) is 9.36 Å². The van der Waals surface area contributed by atoms with Crippen LogP contribution >= 0.6 is 0 Å². The molecule has 6 heteroatoms. The number of hydrogen-bond acceptors (Lipinski definition) is 4. The van der Waals surface area contributed by atoms with Crippen LogP contribution in [0.15, 0.2) is 33.9 Å². The lowest BCUT2D eigenvalue weighted by Gasteiger charge is -2.01. The van der Waals surface area contributed by atoms with Crippen LogP contribution in [0.25, 0.3) is 5.88 Å². The molecular weight excluding hydrogens is 212 g/mol. The van der Waals surface area contributed by atoms with Crippen LogP contribution in [0, 0.1) is 6.92 Å². The molecule has 0 unspecified atom stereocenters. The Morgan fingerprint density at radius 1 is 1.50 bits per heavy atom. The molecule has 0 spiro atoms. The first kappa shape index (κ1) is 10.2. The highest BCUT2D eigenvalue weighted by atomic mass is 16.4. The Kier molecular flexibility index (Phi) is 2.32. The number of furan rings is 1. The Morgan fingerprint density at radius 3 is 2.81 bits per heavy atom. The van der Waals surface area contributed by atoms with Crippen molar-refractivity contribution in [2.75, 3.05) is 0 Å². The van der Waals surface area contributed by atoms with Gasteiger partial charge in [-0.25, -0.2) is 4.79 Å². The Balaban J connectivity index is 2.55. The van der Waals surface area contributed by atoms with Gasteiger partial charge in [-0.2, -0.15) is 4.98 Å². The highest BCUT2D eigenvalue weighted by molar-refractivity contribution is 5.86. The summed E-state index contributed by atoms with van der Waals surface area (Å²) in [7, 11) is 0. The quantitative estimate of drug-likeness (QED) is 0.810. The SMILES string of the molecule is Cc1ccc(-n2cnc(=O)c(C(=O)O)c2)o1. The summed E-state index contributed by atoms with van der Waals surface area (Å²) in [5, 5.41) is 8.76. The minimum atomic E-state index is -1.31. The lowest BCUT2D eigenvalue weighted by molar-refractivity contribution is 0.0694. The summed E-state index contributed by atoms with van der Waals surface area (Å²) in [6.07, 6.45) is 2.39. The van der Waals surface area contributed by atoms with E-state index in [0.29, 0.717) is 11.6 Å². The van der Waals surface area contributed by atoms with Gasteiger partial charge in [0.15, 0.2) is 0 Å². The Bertz CT molecular complexity index is 597. The molecule has 0 aliphatic heterocycles. The molecule has 0 atom stereocenters. The molecule has 2 aromatic rings. The van der Waals surface area contributed by atoms with Gasteiger partial charge in [-0.1, -0.05) is 0 Å². The first-order chi connectivity index (χ1) is 7.58. The molecule has 2 rings (SSSR count). The lowest BCUT2D eigenvalue weighted by Crippen LogP contribution is -2.19. The minimum absolute atomic E-state index is 0.392. The molecule has 0 aliphatic carbocycles. The molecule has 0 aromatic carbocycles. The number of carboxylic acid groups (broad SMARTS) is 1. The minimum Gasteiger partial charge on any atom is -0.477 e. The van der Waals surface area contributed by atoms with Crippen LogP contribution in [-0.4, -0.2) is 20.6 Å². The van der Waals surface area contributed by atoms with Crippen LogP contribution in [0.5, 0.6) is 0 Å². The highest BCUT2D eigenvalue weighted by Crippen LogP contribution is 2.11. The molecule has 1 N–H and O–H groups in total. The second-order valence-electron chi connectivity index (χ2n) is 3.19. The third-order valence-electron chi connectivity index (χ3n) is 2.01. The number of aromatic carboxylic acids is 1. The average molecular weight is 220 g/mol. The smallest absolute Gasteiger partial charge is 0.342 e. The van der Waals surface area contributed by atoms with Gasteiger partial charge >= 0.3 is 5.97 Å². The van der Waals surface area contributed by atoms with Crippen LogP contribution in [0.3, 0.4) is 0 Å². The third-order valence-corrected chi connectivity index (χ3v) is 2.01. The van der Waals surface area contributed by atoms with Crippen molar-refractivity contribution in [3.05, 3.63) is 46.3 Å². The fourth-order valence-electron chi connectivity index (χ4n) is 1.24. The molecule has 16 heavy (non-hydrogen) atoms. The number of aryl methyl sites for hydroxylation is 1. The predicted molar refractivity (Wildman–Crippen MR) is 53.8 cm³/mol. The molecule has 82 valence electrons. The van der Waals surface area contributed by atoms with E-state index in [4.69, 9.17) is 9.52 Å². The molecule has 0 fully saturated rings. The van der Waals surface area contributed by atoms with Crippen molar-refractivity contribution in [2.45, 2.75) is 6.92 Å². The zero-order chi connectivity index (χ0) is 11.7. The standard InChI is InChI=1S/C10H8N2O4/c1-6-2-3-8(16-6)12-4-7(10(14)15)9(13)11-5-12/h2-5H,1H3,(H,14,15). The summed E-state index contributed by atoms with van der Waals surface area (Å²) in [6.45, 7) is 1.76. The van der Waals surface area contributed by atoms with E-state index in [1.807, 2.05) is 0 Å². The van der Waals surface area contributed by atoms with Crippen LogP contribution in [0.4, 0.5) is 0 Å². The molecule has 6 nitrogen and oxygen atoms in total. The Hall–Kier alpha value is -2.37. The van der Waals surface area contributed by atoms with E-state index in [1.54, 1.807) is 19.1 Å². The second kappa shape index (κ2) is 3.65. The van der Waals surface area contributed by atoms with Gasteiger partial charge in [0.05, 0.1) is 0 Å². The summed E-state index contributed by atoms with van der Waals surface area (Å²) in [5.41, 5.74) is -1.16. The summed E-state index contributed by atoms with van der Waals surface area (Å²) >= 11 is 0. The van der Waals surface area contributed by atoms with Crippen molar-refractivity contribution < 1.29 is 14.3 Å². The topological polar surface area (TPSA) is 85.3 Å². The van der Waals surface area contributed by atoms with E-state index in [9.17, 15) is 9.59 Å². The Labute approximate surface area is 89.8 Å². The van der Waals surface area contributed by atoms with Crippen LogP contribution < -0.4 is 5.56 Å². The van der Waals surface area contributed by atoms with Gasteiger partial charge in [-0.15, -0.1) is 0 Å². The highest BCUT2D eigenvalue weighted by Gasteiger charge is 2.11. The predicted octanol–water partition coefficient (Wildman–Crippen LogP) is 0.832. The maximum absolute atomic E-state index is 11.1. The van der Waals surface area contributed by atoms with Crippen LogP contribution in [0.1, 0.15) is 16.1 Å². The van der Waals surface area contributed by atoms with Crippen molar-refractivity contribution in [2.24, 2.45) is 0 Å². The number of carbonyl (C=O) groups is 1. The van der Waals surface area contributed by atoms with Gasteiger partial charge in [0.1, 0.15) is 17.7 Å². The van der Waals surface area contributed by atoms with E-state index < -0.39 is 17.1 Å². The largest absolute Gasteiger partial charge is 0.477 e. The average Bonchev–Trinajstić information content (AvgIpc) is 2.65. The van der Waals surface area contributed by atoms with E-state index in [0.717, 1.165) is 0 Å². The normalized spacial score (nSPS) is 10.3. The fraction of sp³-hybridized carbons (Fsp3) is 0.100. The molecule has 0 radical (unpaired) electrons. The number of carboxylic acids is 1. The summed E-state index contributed by atoms with van der Waals surface area (Å²) in [5.74, 6) is -0.215. The molecule has 2 aromatic heterocycles. The Morgan fingerprint density at radius 2 is 2.25 bits per heavy atom. The maximum atomic E-state index is 11.1. The first-order valence-electron chi connectivity index (χ1n) is 4.46. The van der Waals surface area contributed by atoms with Gasteiger partial charge in [0.2, 0.25) is 5.88 Å². The zero-order valence-corrected chi connectivity index (χ0v) is 8.38. The van der Waals surface area contributed by atoms with Gasteiger partial charge < -0.3 is 9.52 Å². The van der Waals surface area contributed by atoms with Crippen molar-refractivity contribution in [1.82, 2.24) is 9.55 Å². The van der Waals surface area contributed by atoms with Gasteiger partial charge in [0.25, 0.3) is 5.56 Å².